The van der Waals surface area contributed by atoms with Gasteiger partial charge in [0.05, 0.1) is 11.1 Å². The molecule has 1 atom stereocenters. The van der Waals surface area contributed by atoms with Crippen molar-refractivity contribution in [2.24, 2.45) is 10.4 Å². The molecule has 46 heavy (non-hydrogen) atoms. The standard InChI is InChI=1S/C31H37ClF2N8O4/c1-31(2,18-43)17-39-28(40-19-35)36-11-5-7-24(42(3)29(44)38-15-21-6-4-8-25(34)27(21)32)16-46-30(45)41-26-13-22-12-23(33)10-9-20(22)14-37-26/h4,6,8-10,12-14,24,43H,5,7,11,15-18H2,1-3H3,(H,38,44)(H2,36,39,40)(H,37,41,45)/t24-/m0/s1. The SMILES string of the molecule is CN(C(=O)NCc1cccc(F)c1Cl)[C@@H](CCCN/C(=N\C#N)NCC(C)(C)CO)COC(=O)Nc1cc2cc(F)ccc2cn1. The lowest BCUT2D eigenvalue weighted by atomic mass is 9.95. The minimum atomic E-state index is -0.828. The number of ether oxygens (including phenoxy) is 1. The first-order valence-corrected chi connectivity index (χ1v) is 14.8. The molecule has 0 aliphatic carbocycles. The molecule has 0 unspecified atom stereocenters. The van der Waals surface area contributed by atoms with E-state index in [9.17, 15) is 23.5 Å². The highest BCUT2D eigenvalue weighted by atomic mass is 35.5. The number of nitrogens with zero attached hydrogens (tertiary/aromatic N) is 4. The molecular formula is C31H37ClF2N8O4. The number of halogens is 3. The molecular weight excluding hydrogens is 622 g/mol. The van der Waals surface area contributed by atoms with Crippen LogP contribution in [-0.2, 0) is 11.3 Å². The van der Waals surface area contributed by atoms with E-state index in [1.165, 1.54) is 48.5 Å². The minimum absolute atomic E-state index is 0.0343. The molecule has 1 aromatic heterocycles. The Hall–Kier alpha value is -4.74. The molecule has 0 aliphatic rings. The summed E-state index contributed by atoms with van der Waals surface area (Å²) >= 11 is 6.02. The van der Waals surface area contributed by atoms with Gasteiger partial charge in [0.25, 0.3) is 0 Å². The Labute approximate surface area is 270 Å². The average molecular weight is 659 g/mol. The third-order valence-corrected chi connectivity index (χ3v) is 7.40. The van der Waals surface area contributed by atoms with Crippen molar-refractivity contribution in [2.45, 2.75) is 39.3 Å². The number of amides is 3. The summed E-state index contributed by atoms with van der Waals surface area (Å²) in [5.74, 6) is -0.646. The summed E-state index contributed by atoms with van der Waals surface area (Å²) < 4.78 is 32.9. The van der Waals surface area contributed by atoms with Gasteiger partial charge in [0, 0.05) is 50.3 Å². The van der Waals surface area contributed by atoms with E-state index in [0.717, 1.165) is 0 Å². The summed E-state index contributed by atoms with van der Waals surface area (Å²) in [6.45, 7) is 4.12. The molecule has 3 aromatic rings. The molecule has 3 amide bonds. The van der Waals surface area contributed by atoms with E-state index >= 15 is 0 Å². The third kappa shape index (κ3) is 11.0. The molecule has 2 aromatic carbocycles. The van der Waals surface area contributed by atoms with Gasteiger partial charge in [0.2, 0.25) is 12.2 Å². The lowest BCUT2D eigenvalue weighted by molar-refractivity contribution is 0.113. The zero-order valence-electron chi connectivity index (χ0n) is 25.7. The van der Waals surface area contributed by atoms with Crippen molar-refractivity contribution in [1.29, 1.82) is 5.26 Å². The van der Waals surface area contributed by atoms with Crippen molar-refractivity contribution < 1.29 is 28.2 Å². The number of aromatic nitrogens is 1. The van der Waals surface area contributed by atoms with Gasteiger partial charge >= 0.3 is 12.1 Å². The lowest BCUT2D eigenvalue weighted by Crippen LogP contribution is -2.46. The van der Waals surface area contributed by atoms with E-state index in [1.807, 2.05) is 13.8 Å². The van der Waals surface area contributed by atoms with Gasteiger partial charge in [-0.1, -0.05) is 37.6 Å². The monoisotopic (exact) mass is 658 g/mol. The van der Waals surface area contributed by atoms with Crippen LogP contribution in [0.25, 0.3) is 10.8 Å². The first-order valence-electron chi connectivity index (χ1n) is 14.4. The summed E-state index contributed by atoms with van der Waals surface area (Å²) in [5.41, 5.74) is -0.0468. The summed E-state index contributed by atoms with van der Waals surface area (Å²) in [5, 5.41) is 30.9. The number of nitrogens with one attached hydrogen (secondary N) is 4. The molecule has 0 fully saturated rings. The Morgan fingerprint density at radius 2 is 1.96 bits per heavy atom. The molecule has 0 saturated carbocycles. The van der Waals surface area contributed by atoms with Crippen LogP contribution in [0.5, 0.6) is 0 Å². The Kier molecular flexibility index (Phi) is 13.3. The normalized spacial score (nSPS) is 12.2. The van der Waals surface area contributed by atoms with Crippen molar-refractivity contribution in [3.63, 3.8) is 0 Å². The summed E-state index contributed by atoms with van der Waals surface area (Å²) in [6.07, 6.45) is 3.22. The molecule has 0 saturated heterocycles. The third-order valence-electron chi connectivity index (χ3n) is 6.98. The molecule has 1 heterocycles. The second kappa shape index (κ2) is 17.1. The van der Waals surface area contributed by atoms with Gasteiger partial charge in [0.15, 0.2) is 0 Å². The van der Waals surface area contributed by atoms with Crippen LogP contribution in [0.1, 0.15) is 32.3 Å². The minimum Gasteiger partial charge on any atom is -0.447 e. The molecule has 0 aliphatic heterocycles. The first kappa shape index (κ1) is 35.7. The van der Waals surface area contributed by atoms with E-state index in [1.54, 1.807) is 18.3 Å². The predicted molar refractivity (Wildman–Crippen MR) is 171 cm³/mol. The number of fused-ring (bicyclic) bond motifs is 1. The highest BCUT2D eigenvalue weighted by molar-refractivity contribution is 6.31. The Morgan fingerprint density at radius 3 is 2.70 bits per heavy atom. The van der Waals surface area contributed by atoms with Crippen LogP contribution >= 0.6 is 11.6 Å². The van der Waals surface area contributed by atoms with Gasteiger partial charge in [-0.05, 0) is 54.1 Å². The molecule has 246 valence electrons. The molecule has 15 heteroatoms. The average Bonchev–Trinajstić information content (AvgIpc) is 3.03. The second-order valence-corrected chi connectivity index (χ2v) is 11.6. The van der Waals surface area contributed by atoms with Gasteiger partial charge in [-0.3, -0.25) is 5.32 Å². The number of urea groups is 1. The molecule has 12 nitrogen and oxygen atoms in total. The second-order valence-electron chi connectivity index (χ2n) is 11.2. The number of pyridine rings is 1. The van der Waals surface area contributed by atoms with Crippen LogP contribution < -0.4 is 21.3 Å². The van der Waals surface area contributed by atoms with Crippen LogP contribution in [0.15, 0.2) is 53.7 Å². The van der Waals surface area contributed by atoms with Crippen molar-refractivity contribution >= 4 is 46.3 Å². The smallest absolute Gasteiger partial charge is 0.412 e. The molecule has 5 N–H and O–H groups in total. The number of benzene rings is 2. The maximum Gasteiger partial charge on any atom is 0.412 e. The number of likely N-dealkylation sites (N-methyl/N-ethyl adjacent to an activating group) is 1. The molecule has 0 radical (unpaired) electrons. The first-order chi connectivity index (χ1) is 21.9. The summed E-state index contributed by atoms with van der Waals surface area (Å²) in [7, 11) is 1.53. The Morgan fingerprint density at radius 1 is 1.17 bits per heavy atom. The number of aliphatic imine (C=N–C) groups is 1. The van der Waals surface area contributed by atoms with E-state index in [-0.39, 0.29) is 36.6 Å². The molecule has 0 spiro atoms. The van der Waals surface area contributed by atoms with Crippen LogP contribution in [0.2, 0.25) is 5.02 Å². The number of anilines is 1. The lowest BCUT2D eigenvalue weighted by Gasteiger charge is -2.28. The zero-order chi connectivity index (χ0) is 33.7. The van der Waals surface area contributed by atoms with Crippen LogP contribution in [-0.4, -0.2) is 72.5 Å². The summed E-state index contributed by atoms with van der Waals surface area (Å²) in [4.78, 5) is 35.0. The zero-order valence-corrected chi connectivity index (χ0v) is 26.5. The number of aliphatic hydroxyl groups excluding tert-OH is 1. The Balaban J connectivity index is 1.63. The van der Waals surface area contributed by atoms with Crippen LogP contribution in [0, 0.1) is 28.5 Å². The predicted octanol–water partition coefficient (Wildman–Crippen LogP) is 4.74. The summed E-state index contributed by atoms with van der Waals surface area (Å²) in [6, 6.07) is 8.89. The molecule has 3 rings (SSSR count). The van der Waals surface area contributed by atoms with Gasteiger partial charge < -0.3 is 30.7 Å². The number of guanidine groups is 1. The highest BCUT2D eigenvalue weighted by Crippen LogP contribution is 2.20. The van der Waals surface area contributed by atoms with E-state index in [2.05, 4.69) is 31.2 Å². The van der Waals surface area contributed by atoms with Crippen LogP contribution in [0.4, 0.5) is 24.2 Å². The highest BCUT2D eigenvalue weighted by Gasteiger charge is 2.23. The van der Waals surface area contributed by atoms with Crippen molar-refractivity contribution in [1.82, 2.24) is 25.8 Å². The van der Waals surface area contributed by atoms with E-state index < -0.39 is 35.2 Å². The number of nitriles is 1. The van der Waals surface area contributed by atoms with Gasteiger partial charge in [0.1, 0.15) is 24.1 Å². The largest absolute Gasteiger partial charge is 0.447 e. The van der Waals surface area contributed by atoms with E-state index in [4.69, 9.17) is 21.6 Å². The van der Waals surface area contributed by atoms with Gasteiger partial charge in [-0.15, -0.1) is 4.99 Å². The molecule has 0 bridgehead atoms. The number of rotatable bonds is 13. The number of hydrogen-bond donors (Lipinski definition) is 5. The van der Waals surface area contributed by atoms with Crippen molar-refractivity contribution in [3.8, 4) is 6.19 Å². The fourth-order valence-electron chi connectivity index (χ4n) is 4.14. The number of hydrogen-bond acceptors (Lipinski definition) is 7. The maximum absolute atomic E-state index is 13.8. The van der Waals surface area contributed by atoms with Crippen molar-refractivity contribution in [3.05, 3.63) is 70.9 Å². The van der Waals surface area contributed by atoms with Crippen molar-refractivity contribution in [2.75, 3.05) is 38.7 Å². The van der Waals surface area contributed by atoms with E-state index in [0.29, 0.717) is 42.3 Å². The van der Waals surface area contributed by atoms with Gasteiger partial charge in [-0.25, -0.2) is 23.4 Å². The number of carbonyl (C=O) groups is 2. The Bertz CT molecular complexity index is 1580. The number of aliphatic hydroxyl groups is 1. The van der Waals surface area contributed by atoms with Gasteiger partial charge in [-0.2, -0.15) is 5.26 Å². The fourth-order valence-corrected chi connectivity index (χ4v) is 4.34. The fraction of sp³-hybridized carbons (Fsp3) is 0.387. The topological polar surface area (TPSA) is 164 Å². The quantitative estimate of drug-likeness (QED) is 0.0761. The van der Waals surface area contributed by atoms with Crippen LogP contribution in [0.3, 0.4) is 0 Å². The number of carbonyl (C=O) groups excluding carboxylic acids is 2. The maximum atomic E-state index is 13.8.